The summed E-state index contributed by atoms with van der Waals surface area (Å²) in [4.78, 5) is 13.2. The second-order valence-corrected chi connectivity index (χ2v) is 10.2. The van der Waals surface area contributed by atoms with Crippen molar-refractivity contribution in [3.8, 4) is 0 Å². The molecule has 0 fully saturated rings. The fourth-order valence-corrected chi connectivity index (χ4v) is 6.43. The van der Waals surface area contributed by atoms with Crippen LogP contribution in [-0.4, -0.2) is 34.9 Å². The highest BCUT2D eigenvalue weighted by Crippen LogP contribution is 2.31. The molecule has 1 unspecified atom stereocenters. The summed E-state index contributed by atoms with van der Waals surface area (Å²) in [7, 11) is -3.80. The van der Waals surface area contributed by atoms with E-state index < -0.39 is 16.1 Å². The number of nitrogens with one attached hydrogen (secondary N) is 2. The van der Waals surface area contributed by atoms with Gasteiger partial charge in [0, 0.05) is 17.6 Å². The predicted molar refractivity (Wildman–Crippen MR) is 116 cm³/mol. The Morgan fingerprint density at radius 2 is 1.97 bits per heavy atom. The van der Waals surface area contributed by atoms with Crippen LogP contribution < -0.4 is 5.32 Å². The molecule has 30 heavy (non-hydrogen) atoms. The van der Waals surface area contributed by atoms with Gasteiger partial charge in [0.05, 0.1) is 11.7 Å². The maximum absolute atomic E-state index is 13.3. The van der Waals surface area contributed by atoms with Crippen molar-refractivity contribution in [1.82, 2.24) is 14.5 Å². The molecule has 152 valence electrons. The van der Waals surface area contributed by atoms with Crippen LogP contribution in [0.1, 0.15) is 11.1 Å². The molecule has 2 aromatic carbocycles. The standard InChI is InChI=1S/C21H18N4O3S2/c26-21(23-17-7-8-18-16(10-17)12-22-24-18)19-11-14-4-1-2-5-15(14)13-25(19)30(27,28)20-6-3-9-29-20/h1-10,12,19H,11,13H2,(H,22,24)(H,23,26). The van der Waals surface area contributed by atoms with E-state index in [1.807, 2.05) is 36.4 Å². The van der Waals surface area contributed by atoms with Crippen molar-refractivity contribution in [3.05, 3.63) is 77.3 Å². The predicted octanol–water partition coefficient (Wildman–Crippen LogP) is 3.38. The molecule has 9 heteroatoms. The van der Waals surface area contributed by atoms with Crippen molar-refractivity contribution in [1.29, 1.82) is 0 Å². The van der Waals surface area contributed by atoms with Gasteiger partial charge in [-0.2, -0.15) is 9.40 Å². The molecule has 2 N–H and O–H groups in total. The Morgan fingerprint density at radius 1 is 1.13 bits per heavy atom. The number of anilines is 1. The van der Waals surface area contributed by atoms with Gasteiger partial charge in [-0.3, -0.25) is 9.89 Å². The smallest absolute Gasteiger partial charge is 0.253 e. The molecule has 5 rings (SSSR count). The zero-order chi connectivity index (χ0) is 20.7. The van der Waals surface area contributed by atoms with Crippen LogP contribution in [0.3, 0.4) is 0 Å². The quantitative estimate of drug-likeness (QED) is 0.511. The first-order valence-corrected chi connectivity index (χ1v) is 11.7. The Morgan fingerprint density at radius 3 is 2.77 bits per heavy atom. The lowest BCUT2D eigenvalue weighted by Crippen LogP contribution is -2.50. The van der Waals surface area contributed by atoms with Crippen molar-refractivity contribution in [2.45, 2.75) is 23.2 Å². The average molecular weight is 439 g/mol. The van der Waals surface area contributed by atoms with E-state index in [2.05, 4.69) is 15.5 Å². The zero-order valence-electron chi connectivity index (χ0n) is 15.8. The van der Waals surface area contributed by atoms with Gasteiger partial charge in [0.1, 0.15) is 10.3 Å². The third kappa shape index (κ3) is 3.30. The molecule has 0 aliphatic carbocycles. The summed E-state index contributed by atoms with van der Waals surface area (Å²) in [5.74, 6) is -0.354. The number of nitrogens with zero attached hydrogens (tertiary/aromatic N) is 2. The average Bonchev–Trinajstić information content (AvgIpc) is 3.44. The lowest BCUT2D eigenvalue weighted by Gasteiger charge is -2.34. The fourth-order valence-electron chi connectivity index (χ4n) is 3.75. The van der Waals surface area contributed by atoms with Gasteiger partial charge in [-0.1, -0.05) is 30.3 Å². The van der Waals surface area contributed by atoms with Crippen LogP contribution in [0.4, 0.5) is 5.69 Å². The minimum atomic E-state index is -3.80. The third-order valence-corrected chi connectivity index (χ3v) is 8.50. The maximum atomic E-state index is 13.3. The molecule has 0 radical (unpaired) electrons. The van der Waals surface area contributed by atoms with Gasteiger partial charge >= 0.3 is 0 Å². The van der Waals surface area contributed by atoms with Gasteiger partial charge in [-0.15, -0.1) is 11.3 Å². The highest BCUT2D eigenvalue weighted by Gasteiger charge is 2.40. The summed E-state index contributed by atoms with van der Waals surface area (Å²) < 4.78 is 28.2. The van der Waals surface area contributed by atoms with E-state index in [1.165, 1.54) is 4.31 Å². The van der Waals surface area contributed by atoms with Crippen LogP contribution in [0.15, 0.2) is 70.4 Å². The van der Waals surface area contributed by atoms with Gasteiger partial charge in [-0.05, 0) is 47.2 Å². The molecule has 1 aliphatic rings. The van der Waals surface area contributed by atoms with E-state index in [-0.39, 0.29) is 16.7 Å². The highest BCUT2D eigenvalue weighted by molar-refractivity contribution is 7.91. The van der Waals surface area contributed by atoms with Crippen LogP contribution in [0, 0.1) is 0 Å². The molecule has 1 atom stereocenters. The number of fused-ring (bicyclic) bond motifs is 2. The number of amides is 1. The number of benzene rings is 2. The summed E-state index contributed by atoms with van der Waals surface area (Å²) in [5.41, 5.74) is 3.37. The van der Waals surface area contributed by atoms with Gasteiger partial charge < -0.3 is 5.32 Å². The summed E-state index contributed by atoms with van der Waals surface area (Å²) in [6.07, 6.45) is 2.00. The van der Waals surface area contributed by atoms with Crippen LogP contribution in [0.5, 0.6) is 0 Å². The molecule has 0 saturated carbocycles. The normalized spacial score (nSPS) is 17.0. The molecule has 1 aliphatic heterocycles. The van der Waals surface area contributed by atoms with Crippen LogP contribution in [0.2, 0.25) is 0 Å². The second kappa shape index (κ2) is 7.35. The first-order chi connectivity index (χ1) is 14.5. The van der Waals surface area contributed by atoms with Crippen molar-refractivity contribution in [2.24, 2.45) is 0 Å². The molecule has 7 nitrogen and oxygen atoms in total. The van der Waals surface area contributed by atoms with Crippen LogP contribution >= 0.6 is 11.3 Å². The zero-order valence-corrected chi connectivity index (χ0v) is 17.4. The fraction of sp³-hybridized carbons (Fsp3) is 0.143. The molecule has 4 aromatic rings. The Bertz CT molecular complexity index is 1330. The second-order valence-electron chi connectivity index (χ2n) is 7.13. The largest absolute Gasteiger partial charge is 0.325 e. The number of H-pyrrole nitrogens is 1. The molecule has 0 spiro atoms. The number of thiophene rings is 1. The summed E-state index contributed by atoms with van der Waals surface area (Å²) in [6, 6.07) is 15.5. The first-order valence-electron chi connectivity index (χ1n) is 9.38. The number of aromatic nitrogens is 2. The highest BCUT2D eigenvalue weighted by atomic mass is 32.2. The monoisotopic (exact) mass is 438 g/mol. The van der Waals surface area contributed by atoms with E-state index in [0.717, 1.165) is 33.4 Å². The van der Waals surface area contributed by atoms with Crippen LogP contribution in [-0.2, 0) is 27.8 Å². The van der Waals surface area contributed by atoms with E-state index in [9.17, 15) is 13.2 Å². The molecule has 2 aromatic heterocycles. The number of hydrogen-bond donors (Lipinski definition) is 2. The topological polar surface area (TPSA) is 95.2 Å². The Balaban J connectivity index is 1.50. The van der Waals surface area contributed by atoms with Gasteiger partial charge in [0.25, 0.3) is 10.0 Å². The van der Waals surface area contributed by atoms with Crippen molar-refractivity contribution in [2.75, 3.05) is 5.32 Å². The van der Waals surface area contributed by atoms with E-state index in [4.69, 9.17) is 0 Å². The van der Waals surface area contributed by atoms with Crippen molar-refractivity contribution >= 4 is 43.9 Å². The molecular weight excluding hydrogens is 420 g/mol. The SMILES string of the molecule is O=C(Nc1ccc2[nH]ncc2c1)C1Cc2ccccc2CN1S(=O)(=O)c1cccs1. The van der Waals surface area contributed by atoms with Gasteiger partial charge in [-0.25, -0.2) is 8.42 Å². The molecule has 1 amide bonds. The number of aromatic amines is 1. The van der Waals surface area contributed by atoms with Crippen molar-refractivity contribution in [3.63, 3.8) is 0 Å². The van der Waals surface area contributed by atoms with E-state index >= 15 is 0 Å². The lowest BCUT2D eigenvalue weighted by atomic mass is 9.95. The van der Waals surface area contributed by atoms with E-state index in [1.54, 1.807) is 29.8 Å². The Kier molecular flexibility index (Phi) is 4.65. The number of rotatable bonds is 4. The number of sulfonamides is 1. The van der Waals surface area contributed by atoms with Gasteiger partial charge in [0.2, 0.25) is 5.91 Å². The summed E-state index contributed by atoms with van der Waals surface area (Å²) in [5, 5.41) is 12.3. The number of hydrogen-bond acceptors (Lipinski definition) is 5. The molecule has 0 saturated heterocycles. The molecule has 0 bridgehead atoms. The molecular formula is C21H18N4O3S2. The minimum absolute atomic E-state index is 0.162. The Labute approximate surface area is 177 Å². The molecule has 3 heterocycles. The summed E-state index contributed by atoms with van der Waals surface area (Å²) >= 11 is 1.15. The number of carbonyl (C=O) groups is 1. The Hall–Kier alpha value is -3.01. The van der Waals surface area contributed by atoms with Gasteiger partial charge in [0.15, 0.2) is 0 Å². The number of carbonyl (C=O) groups excluding carboxylic acids is 1. The van der Waals surface area contributed by atoms with Crippen molar-refractivity contribution < 1.29 is 13.2 Å². The minimum Gasteiger partial charge on any atom is -0.325 e. The third-order valence-electron chi connectivity index (χ3n) is 5.27. The lowest BCUT2D eigenvalue weighted by molar-refractivity contribution is -0.120. The summed E-state index contributed by atoms with van der Waals surface area (Å²) in [6.45, 7) is 0.162. The first kappa shape index (κ1) is 19.0. The van der Waals surface area contributed by atoms with Crippen LogP contribution in [0.25, 0.3) is 10.9 Å². The maximum Gasteiger partial charge on any atom is 0.253 e. The van der Waals surface area contributed by atoms with E-state index in [0.29, 0.717) is 12.1 Å².